The lowest BCUT2D eigenvalue weighted by atomic mass is 10.2. The molecule has 0 saturated carbocycles. The average molecular weight is 337 g/mol. The largest absolute Gasteiger partial charge is 0.486 e. The quantitative estimate of drug-likeness (QED) is 0.726. The Kier molecular flexibility index (Phi) is 4.52. The zero-order valence-electron chi connectivity index (χ0n) is 8.65. The first kappa shape index (κ1) is 15.1. The van der Waals surface area contributed by atoms with Crippen molar-refractivity contribution in [3.05, 3.63) is 28.7 Å². The van der Waals surface area contributed by atoms with Gasteiger partial charge in [0.1, 0.15) is 5.75 Å². The van der Waals surface area contributed by atoms with E-state index in [2.05, 4.69) is 20.7 Å². The Morgan fingerprint density at radius 3 is 2.17 bits per heavy atom. The van der Waals surface area contributed by atoms with Crippen LogP contribution in [0.15, 0.2) is 28.7 Å². The minimum atomic E-state index is -5.44. The number of para-hydroxylation sites is 1. The summed E-state index contributed by atoms with van der Waals surface area (Å²) in [6.45, 7) is -1.84. The molecule has 8 heteroatoms. The molecule has 0 saturated heterocycles. The number of hydrogen-bond acceptors (Lipinski definition) is 1. The number of ether oxygens (including phenoxy) is 1. The van der Waals surface area contributed by atoms with E-state index in [0.717, 1.165) is 0 Å². The zero-order valence-corrected chi connectivity index (χ0v) is 10.2. The van der Waals surface area contributed by atoms with E-state index < -0.39 is 24.9 Å². The molecule has 0 aliphatic rings. The van der Waals surface area contributed by atoms with Gasteiger partial charge in [-0.15, -0.1) is 0 Å². The van der Waals surface area contributed by atoms with E-state index in [1.807, 2.05) is 0 Å². The second-order valence-electron chi connectivity index (χ2n) is 3.35. The average Bonchev–Trinajstić information content (AvgIpc) is 2.27. The Hall–Kier alpha value is -0.920. The van der Waals surface area contributed by atoms with Crippen molar-refractivity contribution in [3.63, 3.8) is 0 Å². The molecule has 0 amide bonds. The minimum Gasteiger partial charge on any atom is -0.486 e. The number of halogens is 7. The highest BCUT2D eigenvalue weighted by Crippen LogP contribution is 2.39. The van der Waals surface area contributed by atoms with E-state index in [1.54, 1.807) is 6.07 Å². The summed E-state index contributed by atoms with van der Waals surface area (Å²) in [5, 5.41) is 0. The molecule has 1 aromatic carbocycles. The zero-order chi connectivity index (χ0) is 14.0. The summed E-state index contributed by atoms with van der Waals surface area (Å²) in [5.74, 6) is -10.5. The highest BCUT2D eigenvalue weighted by Gasteiger charge is 2.63. The fourth-order valence-electron chi connectivity index (χ4n) is 0.986. The summed E-state index contributed by atoms with van der Waals surface area (Å²) in [4.78, 5) is 0. The molecule has 0 fully saturated rings. The first-order chi connectivity index (χ1) is 8.18. The second-order valence-corrected chi connectivity index (χ2v) is 4.20. The Morgan fingerprint density at radius 1 is 1.11 bits per heavy atom. The number of alkyl halides is 6. The third-order valence-corrected chi connectivity index (χ3v) is 2.66. The Balaban J connectivity index is 2.76. The maximum atomic E-state index is 12.9. The van der Waals surface area contributed by atoms with Crippen LogP contribution in [0.4, 0.5) is 26.3 Å². The Bertz CT molecular complexity index is 409. The van der Waals surface area contributed by atoms with Crippen LogP contribution in [0.25, 0.3) is 0 Å². The summed E-state index contributed by atoms with van der Waals surface area (Å²) in [7, 11) is 0. The number of hydrogen-bond donors (Lipinski definition) is 0. The van der Waals surface area contributed by atoms with Crippen molar-refractivity contribution in [1.82, 2.24) is 0 Å². The van der Waals surface area contributed by atoms with E-state index in [4.69, 9.17) is 0 Å². The molecule has 0 spiro atoms. The molecule has 102 valence electrons. The van der Waals surface area contributed by atoms with Crippen LogP contribution >= 0.6 is 15.9 Å². The van der Waals surface area contributed by atoms with Gasteiger partial charge in [0.15, 0.2) is 6.61 Å². The predicted molar refractivity (Wildman–Crippen MR) is 55.5 cm³/mol. The fourth-order valence-corrected chi connectivity index (χ4v) is 1.39. The van der Waals surface area contributed by atoms with Gasteiger partial charge >= 0.3 is 18.3 Å². The topological polar surface area (TPSA) is 9.23 Å². The van der Waals surface area contributed by atoms with Gasteiger partial charge in [0.05, 0.1) is 4.47 Å². The molecule has 0 radical (unpaired) electrons. The number of benzene rings is 1. The van der Waals surface area contributed by atoms with Crippen LogP contribution in [0.1, 0.15) is 0 Å². The van der Waals surface area contributed by atoms with Crippen LogP contribution in [0.2, 0.25) is 0 Å². The normalized spacial score (nSPS) is 12.9. The van der Waals surface area contributed by atoms with Gasteiger partial charge in [-0.1, -0.05) is 12.1 Å². The van der Waals surface area contributed by atoms with Crippen molar-refractivity contribution in [2.45, 2.75) is 18.3 Å². The molecular weight excluding hydrogens is 330 g/mol. The SMILES string of the molecule is FC(F)C(F)(F)C(F)(F)COc1ccccc1Br. The van der Waals surface area contributed by atoms with Gasteiger partial charge < -0.3 is 4.74 Å². The van der Waals surface area contributed by atoms with Crippen molar-refractivity contribution in [2.75, 3.05) is 6.61 Å². The van der Waals surface area contributed by atoms with E-state index in [-0.39, 0.29) is 10.2 Å². The summed E-state index contributed by atoms with van der Waals surface area (Å²) in [5.41, 5.74) is 0. The van der Waals surface area contributed by atoms with Gasteiger partial charge in [-0.05, 0) is 28.1 Å². The van der Waals surface area contributed by atoms with Gasteiger partial charge in [0, 0.05) is 0 Å². The third kappa shape index (κ3) is 3.09. The van der Waals surface area contributed by atoms with Crippen LogP contribution in [0.5, 0.6) is 5.75 Å². The molecule has 1 aromatic rings. The van der Waals surface area contributed by atoms with Crippen molar-refractivity contribution in [1.29, 1.82) is 0 Å². The van der Waals surface area contributed by atoms with Crippen molar-refractivity contribution >= 4 is 15.9 Å². The predicted octanol–water partition coefficient (Wildman–Crippen LogP) is 4.36. The smallest absolute Gasteiger partial charge is 0.372 e. The van der Waals surface area contributed by atoms with Gasteiger partial charge in [-0.2, -0.15) is 17.6 Å². The first-order valence-electron chi connectivity index (χ1n) is 4.59. The van der Waals surface area contributed by atoms with Crippen molar-refractivity contribution in [2.24, 2.45) is 0 Å². The molecule has 0 aliphatic carbocycles. The molecule has 0 N–H and O–H groups in total. The highest BCUT2D eigenvalue weighted by atomic mass is 79.9. The van der Waals surface area contributed by atoms with Gasteiger partial charge in [0.25, 0.3) is 0 Å². The molecule has 0 unspecified atom stereocenters. The van der Waals surface area contributed by atoms with Gasteiger partial charge in [0.2, 0.25) is 0 Å². The van der Waals surface area contributed by atoms with Crippen LogP contribution in [0, 0.1) is 0 Å². The van der Waals surface area contributed by atoms with Crippen LogP contribution < -0.4 is 4.74 Å². The standard InChI is InChI=1S/C10H7BrF6O/c11-6-3-1-2-4-7(6)18-5-9(14,15)10(16,17)8(12)13/h1-4,8H,5H2. The maximum absolute atomic E-state index is 12.9. The van der Waals surface area contributed by atoms with E-state index >= 15 is 0 Å². The van der Waals surface area contributed by atoms with E-state index in [9.17, 15) is 26.3 Å². The molecule has 0 bridgehead atoms. The monoisotopic (exact) mass is 336 g/mol. The summed E-state index contributed by atoms with van der Waals surface area (Å²) in [6, 6.07) is 5.63. The highest BCUT2D eigenvalue weighted by molar-refractivity contribution is 9.10. The Morgan fingerprint density at radius 2 is 1.67 bits per heavy atom. The van der Waals surface area contributed by atoms with Gasteiger partial charge in [-0.3, -0.25) is 0 Å². The van der Waals surface area contributed by atoms with Crippen molar-refractivity contribution < 1.29 is 31.1 Å². The molecule has 18 heavy (non-hydrogen) atoms. The summed E-state index contributed by atoms with van der Waals surface area (Å²) >= 11 is 2.94. The number of rotatable bonds is 5. The van der Waals surface area contributed by atoms with Crippen LogP contribution in [-0.2, 0) is 0 Å². The molecular formula is C10H7BrF6O. The molecule has 1 rings (SSSR count). The van der Waals surface area contributed by atoms with Gasteiger partial charge in [-0.25, -0.2) is 8.78 Å². The summed E-state index contributed by atoms with van der Waals surface area (Å²) < 4.78 is 79.2. The van der Waals surface area contributed by atoms with E-state index in [0.29, 0.717) is 0 Å². The molecule has 0 aromatic heterocycles. The third-order valence-electron chi connectivity index (χ3n) is 2.01. The fraction of sp³-hybridized carbons (Fsp3) is 0.400. The lowest BCUT2D eigenvalue weighted by Gasteiger charge is -2.25. The molecule has 0 atom stereocenters. The Labute approximate surface area is 107 Å². The molecule has 1 nitrogen and oxygen atoms in total. The molecule has 0 heterocycles. The van der Waals surface area contributed by atoms with Crippen molar-refractivity contribution in [3.8, 4) is 5.75 Å². The lowest BCUT2D eigenvalue weighted by molar-refractivity contribution is -0.271. The lowest BCUT2D eigenvalue weighted by Crippen LogP contribution is -2.50. The minimum absolute atomic E-state index is 0.137. The second kappa shape index (κ2) is 5.38. The first-order valence-corrected chi connectivity index (χ1v) is 5.39. The maximum Gasteiger partial charge on any atom is 0.372 e. The van der Waals surface area contributed by atoms with Crippen LogP contribution in [-0.4, -0.2) is 24.9 Å². The summed E-state index contributed by atoms with van der Waals surface area (Å²) in [6.07, 6.45) is -4.46. The molecule has 0 aliphatic heterocycles. The van der Waals surface area contributed by atoms with Crippen LogP contribution in [0.3, 0.4) is 0 Å². The van der Waals surface area contributed by atoms with E-state index in [1.165, 1.54) is 18.2 Å².